The number of hydrogen-bond donors (Lipinski definition) is 0. The van der Waals surface area contributed by atoms with E-state index in [-0.39, 0.29) is 5.75 Å². The van der Waals surface area contributed by atoms with Gasteiger partial charge in [-0.2, -0.15) is 8.78 Å². The number of halogens is 4. The van der Waals surface area contributed by atoms with Crippen LogP contribution in [0.4, 0.5) is 13.2 Å². The van der Waals surface area contributed by atoms with Crippen molar-refractivity contribution >= 4 is 15.9 Å². The minimum Gasteiger partial charge on any atom is -0.435 e. The largest absolute Gasteiger partial charge is 0.435 e. The summed E-state index contributed by atoms with van der Waals surface area (Å²) < 4.78 is 40.3. The van der Waals surface area contributed by atoms with Gasteiger partial charge < -0.3 is 4.74 Å². The minimum atomic E-state index is -2.92. The Bertz CT molecular complexity index is 291. The van der Waals surface area contributed by atoms with Crippen LogP contribution in [0.3, 0.4) is 0 Å². The first-order chi connectivity index (χ1) is 6.13. The third-order valence-corrected chi connectivity index (χ3v) is 2.00. The lowest BCUT2D eigenvalue weighted by Gasteiger charge is -2.05. The molecule has 0 atom stereocenters. The fourth-order valence-electron chi connectivity index (χ4n) is 0.813. The van der Waals surface area contributed by atoms with Crippen LogP contribution in [0.25, 0.3) is 0 Å². The van der Waals surface area contributed by atoms with Gasteiger partial charge in [0.25, 0.3) is 0 Å². The van der Waals surface area contributed by atoms with Crippen molar-refractivity contribution < 1.29 is 17.9 Å². The fourth-order valence-corrected chi connectivity index (χ4v) is 1.27. The number of benzene rings is 1. The van der Waals surface area contributed by atoms with E-state index in [4.69, 9.17) is 0 Å². The number of hydrogen-bond acceptors (Lipinski definition) is 1. The molecule has 0 unspecified atom stereocenters. The zero-order valence-corrected chi connectivity index (χ0v) is 8.02. The van der Waals surface area contributed by atoms with Gasteiger partial charge in [-0.15, -0.1) is 0 Å². The highest BCUT2D eigenvalue weighted by molar-refractivity contribution is 9.08. The quantitative estimate of drug-likeness (QED) is 0.753. The standard InChI is InChI=1S/C8H6BrF3O/c9-4-5-1-2-6(3-7(5)10)13-8(11)12/h1-3,8H,4H2. The van der Waals surface area contributed by atoms with Crippen LogP contribution in [0.1, 0.15) is 5.56 Å². The first kappa shape index (κ1) is 10.4. The maximum atomic E-state index is 12.9. The molecule has 0 saturated carbocycles. The van der Waals surface area contributed by atoms with E-state index in [9.17, 15) is 13.2 Å². The maximum Gasteiger partial charge on any atom is 0.387 e. The van der Waals surface area contributed by atoms with Gasteiger partial charge in [0.2, 0.25) is 0 Å². The Morgan fingerprint density at radius 2 is 2.08 bits per heavy atom. The second-order valence-electron chi connectivity index (χ2n) is 2.27. The van der Waals surface area contributed by atoms with Gasteiger partial charge in [-0.05, 0) is 11.6 Å². The average molecular weight is 255 g/mol. The molecular weight excluding hydrogens is 249 g/mol. The molecule has 0 radical (unpaired) electrons. The van der Waals surface area contributed by atoms with Gasteiger partial charge in [0.1, 0.15) is 11.6 Å². The summed E-state index contributed by atoms with van der Waals surface area (Å²) in [6, 6.07) is 3.62. The van der Waals surface area contributed by atoms with Crippen LogP contribution in [-0.4, -0.2) is 6.61 Å². The highest BCUT2D eigenvalue weighted by atomic mass is 79.9. The molecule has 1 rings (SSSR count). The fraction of sp³-hybridized carbons (Fsp3) is 0.250. The molecule has 0 N–H and O–H groups in total. The molecule has 1 aromatic rings. The molecule has 0 aliphatic carbocycles. The van der Waals surface area contributed by atoms with E-state index in [1.54, 1.807) is 0 Å². The molecule has 0 heterocycles. The van der Waals surface area contributed by atoms with Crippen LogP contribution >= 0.6 is 15.9 Å². The third-order valence-electron chi connectivity index (χ3n) is 1.39. The van der Waals surface area contributed by atoms with Crippen LogP contribution in [0.15, 0.2) is 18.2 Å². The summed E-state index contributed by atoms with van der Waals surface area (Å²) in [6.45, 7) is -2.92. The molecule has 0 bridgehead atoms. The Kier molecular flexibility index (Phi) is 3.59. The number of ether oxygens (including phenoxy) is 1. The van der Waals surface area contributed by atoms with Crippen molar-refractivity contribution in [1.29, 1.82) is 0 Å². The Hall–Kier alpha value is -0.710. The van der Waals surface area contributed by atoms with E-state index in [2.05, 4.69) is 20.7 Å². The molecule has 0 aromatic heterocycles. The smallest absolute Gasteiger partial charge is 0.387 e. The van der Waals surface area contributed by atoms with Gasteiger partial charge in [0, 0.05) is 11.4 Å². The predicted molar refractivity (Wildman–Crippen MR) is 45.7 cm³/mol. The molecule has 0 fully saturated rings. The Morgan fingerprint density at radius 3 is 2.54 bits per heavy atom. The monoisotopic (exact) mass is 254 g/mol. The predicted octanol–water partition coefficient (Wildman–Crippen LogP) is 3.32. The molecule has 0 amide bonds. The lowest BCUT2D eigenvalue weighted by atomic mass is 10.2. The molecule has 0 aliphatic heterocycles. The molecule has 0 aliphatic rings. The zero-order valence-electron chi connectivity index (χ0n) is 6.44. The summed E-state index contributed by atoms with van der Waals surface area (Å²) in [6.07, 6.45) is 0. The van der Waals surface area contributed by atoms with Crippen LogP contribution in [-0.2, 0) is 5.33 Å². The molecular formula is C8H6BrF3O. The Balaban J connectivity index is 2.83. The molecule has 1 aromatic carbocycles. The van der Waals surface area contributed by atoms with Crippen molar-refractivity contribution in [2.45, 2.75) is 11.9 Å². The van der Waals surface area contributed by atoms with Crippen molar-refractivity contribution in [2.75, 3.05) is 0 Å². The van der Waals surface area contributed by atoms with Gasteiger partial charge in [0.15, 0.2) is 0 Å². The van der Waals surface area contributed by atoms with Crippen molar-refractivity contribution in [1.82, 2.24) is 0 Å². The van der Waals surface area contributed by atoms with Crippen LogP contribution in [0.5, 0.6) is 5.75 Å². The summed E-state index contributed by atoms with van der Waals surface area (Å²) >= 11 is 3.05. The number of alkyl halides is 3. The average Bonchev–Trinajstić information content (AvgIpc) is 2.03. The van der Waals surface area contributed by atoms with Crippen LogP contribution in [0.2, 0.25) is 0 Å². The summed E-state index contributed by atoms with van der Waals surface area (Å²) in [5, 5.41) is 0.341. The SMILES string of the molecule is Fc1cc(OC(F)F)ccc1CBr. The van der Waals surface area contributed by atoms with E-state index in [1.807, 2.05) is 0 Å². The second-order valence-corrected chi connectivity index (χ2v) is 2.83. The Labute approximate surface area is 81.6 Å². The third kappa shape index (κ3) is 2.91. The van der Waals surface area contributed by atoms with Crippen molar-refractivity contribution in [2.24, 2.45) is 0 Å². The highest BCUT2D eigenvalue weighted by Crippen LogP contribution is 2.19. The highest BCUT2D eigenvalue weighted by Gasteiger charge is 2.07. The first-order valence-electron chi connectivity index (χ1n) is 3.42. The molecule has 1 nitrogen and oxygen atoms in total. The van der Waals surface area contributed by atoms with Crippen LogP contribution in [0, 0.1) is 5.82 Å². The van der Waals surface area contributed by atoms with E-state index < -0.39 is 12.4 Å². The van der Waals surface area contributed by atoms with E-state index in [0.29, 0.717) is 10.9 Å². The minimum absolute atomic E-state index is 0.169. The molecule has 72 valence electrons. The van der Waals surface area contributed by atoms with Gasteiger partial charge in [-0.1, -0.05) is 22.0 Å². The van der Waals surface area contributed by atoms with E-state index >= 15 is 0 Å². The summed E-state index contributed by atoms with van der Waals surface area (Å²) in [7, 11) is 0. The molecule has 5 heteroatoms. The summed E-state index contributed by atoms with van der Waals surface area (Å²) in [4.78, 5) is 0. The molecule has 0 spiro atoms. The topological polar surface area (TPSA) is 9.23 Å². The Morgan fingerprint density at radius 1 is 1.38 bits per heavy atom. The summed E-state index contributed by atoms with van der Waals surface area (Å²) in [5.74, 6) is -0.729. The first-order valence-corrected chi connectivity index (χ1v) is 4.55. The summed E-state index contributed by atoms with van der Waals surface area (Å²) in [5.41, 5.74) is 0.404. The normalized spacial score (nSPS) is 10.5. The maximum absolute atomic E-state index is 12.9. The lowest BCUT2D eigenvalue weighted by molar-refractivity contribution is -0.0500. The molecule has 0 saturated heterocycles. The molecule has 13 heavy (non-hydrogen) atoms. The van der Waals surface area contributed by atoms with E-state index in [1.165, 1.54) is 12.1 Å². The van der Waals surface area contributed by atoms with E-state index in [0.717, 1.165) is 6.07 Å². The van der Waals surface area contributed by atoms with Crippen LogP contribution < -0.4 is 4.74 Å². The van der Waals surface area contributed by atoms with Crippen molar-refractivity contribution in [3.8, 4) is 5.75 Å². The lowest BCUT2D eigenvalue weighted by Crippen LogP contribution is -2.02. The number of rotatable bonds is 3. The van der Waals surface area contributed by atoms with Gasteiger partial charge in [-0.25, -0.2) is 4.39 Å². The van der Waals surface area contributed by atoms with Gasteiger partial charge in [0.05, 0.1) is 0 Å². The zero-order chi connectivity index (χ0) is 9.84. The van der Waals surface area contributed by atoms with Crippen molar-refractivity contribution in [3.05, 3.63) is 29.6 Å². The van der Waals surface area contributed by atoms with Crippen molar-refractivity contribution in [3.63, 3.8) is 0 Å². The van der Waals surface area contributed by atoms with Gasteiger partial charge >= 0.3 is 6.61 Å². The second kappa shape index (κ2) is 4.50. The van der Waals surface area contributed by atoms with Gasteiger partial charge in [-0.3, -0.25) is 0 Å².